The van der Waals surface area contributed by atoms with Gasteiger partial charge in [0.1, 0.15) is 0 Å². The molecule has 0 aliphatic carbocycles. The summed E-state index contributed by atoms with van der Waals surface area (Å²) < 4.78 is 0. The van der Waals surface area contributed by atoms with E-state index in [1.54, 1.807) is 0 Å². The van der Waals surface area contributed by atoms with E-state index < -0.39 is 0 Å². The molecule has 0 saturated carbocycles. The molecule has 1 aliphatic rings. The Hall–Kier alpha value is -0.240. The topological polar surface area (TPSA) is 3.24 Å². The first-order valence-electron chi connectivity index (χ1n) is 2.57. The van der Waals surface area contributed by atoms with Gasteiger partial charge in [0, 0.05) is 12.7 Å². The second-order valence-corrected chi connectivity index (χ2v) is 2.16. The van der Waals surface area contributed by atoms with Crippen LogP contribution in [0.3, 0.4) is 0 Å². The molecule has 0 N–H and O–H groups in total. The van der Waals surface area contributed by atoms with Crippen LogP contribution in [-0.4, -0.2) is 16.9 Å². The van der Waals surface area contributed by atoms with Crippen LogP contribution in [0.15, 0.2) is 24.4 Å². The second kappa shape index (κ2) is 2.92. The summed E-state index contributed by atoms with van der Waals surface area (Å²) >= 11 is 3.35. The maximum absolute atomic E-state index is 3.35. The van der Waals surface area contributed by atoms with Crippen LogP contribution in [0.1, 0.15) is 0 Å². The molecule has 0 aromatic rings. The van der Waals surface area contributed by atoms with Gasteiger partial charge in [0.15, 0.2) is 0 Å². The molecule has 0 amide bonds. The van der Waals surface area contributed by atoms with E-state index in [4.69, 9.17) is 0 Å². The van der Waals surface area contributed by atoms with Crippen LogP contribution in [0.5, 0.6) is 0 Å². The van der Waals surface area contributed by atoms with Crippen LogP contribution in [0.2, 0.25) is 0 Å². The maximum Gasteiger partial charge on any atom is 0.0733 e. The largest absolute Gasteiger partial charge is 0.364 e. The van der Waals surface area contributed by atoms with Crippen LogP contribution in [-0.2, 0) is 0 Å². The first kappa shape index (κ1) is 5.89. The molecule has 0 aromatic heterocycles. The monoisotopic (exact) mass is 173 g/mol. The van der Waals surface area contributed by atoms with E-state index in [1.807, 2.05) is 6.08 Å². The summed E-state index contributed by atoms with van der Waals surface area (Å²) in [5.41, 5.74) is 0.924. The number of nitrogens with zero attached hydrogens (tertiary/aromatic N) is 1. The van der Waals surface area contributed by atoms with Crippen LogP contribution in [0.25, 0.3) is 0 Å². The first-order valence-corrected chi connectivity index (χ1v) is 3.69. The molecule has 0 spiro atoms. The number of alkyl halides is 1. The fourth-order valence-corrected chi connectivity index (χ4v) is 0.968. The minimum atomic E-state index is 0.924. The van der Waals surface area contributed by atoms with Gasteiger partial charge in [0.25, 0.3) is 0 Å². The molecular formula is C6H8BrN. The highest BCUT2D eigenvalue weighted by Gasteiger charge is 1.92. The molecule has 0 atom stereocenters. The van der Waals surface area contributed by atoms with Crippen LogP contribution < -0.4 is 0 Å². The van der Waals surface area contributed by atoms with Gasteiger partial charge in [0.05, 0.1) is 5.45 Å². The summed E-state index contributed by atoms with van der Waals surface area (Å²) in [4.78, 5) is 2.17. The lowest BCUT2D eigenvalue weighted by molar-refractivity contribution is 0.490. The summed E-state index contributed by atoms with van der Waals surface area (Å²) in [5.74, 6) is 0. The van der Waals surface area contributed by atoms with E-state index in [2.05, 4.69) is 39.2 Å². The maximum atomic E-state index is 3.35. The third kappa shape index (κ3) is 1.37. The Balaban J connectivity index is 2.40. The highest BCUT2D eigenvalue weighted by molar-refractivity contribution is 9.09. The molecule has 1 heterocycles. The zero-order valence-electron chi connectivity index (χ0n) is 4.55. The fraction of sp³-hybridized carbons (Fsp3) is 0.333. The zero-order chi connectivity index (χ0) is 5.82. The Labute approximate surface area is 57.8 Å². The van der Waals surface area contributed by atoms with Gasteiger partial charge >= 0.3 is 0 Å². The van der Waals surface area contributed by atoms with Crippen molar-refractivity contribution >= 4 is 15.9 Å². The molecule has 0 fully saturated rings. The second-order valence-electron chi connectivity index (χ2n) is 1.66. The average molecular weight is 174 g/mol. The first-order chi connectivity index (χ1) is 3.93. The van der Waals surface area contributed by atoms with Crippen molar-refractivity contribution < 1.29 is 0 Å². The van der Waals surface area contributed by atoms with Crippen molar-refractivity contribution in [2.45, 2.75) is 0 Å². The lowest BCUT2D eigenvalue weighted by Gasteiger charge is -2.15. The third-order valence-electron chi connectivity index (χ3n) is 1.04. The quantitative estimate of drug-likeness (QED) is 0.432. The molecule has 1 rings (SSSR count). The molecule has 0 aromatic carbocycles. The minimum absolute atomic E-state index is 0.924. The zero-order valence-corrected chi connectivity index (χ0v) is 6.13. The van der Waals surface area contributed by atoms with Gasteiger partial charge in [-0.25, -0.2) is 0 Å². The standard InChI is InChI=1S/C6H8BrN/c7-6-8-4-2-1-3-5-8/h1-4H,5-6H2. The van der Waals surface area contributed by atoms with Crippen molar-refractivity contribution in [3.8, 4) is 0 Å². The van der Waals surface area contributed by atoms with Gasteiger partial charge in [-0.3, -0.25) is 0 Å². The SMILES string of the molecule is BrCN1C=CC=CC1. The molecule has 0 saturated heterocycles. The van der Waals surface area contributed by atoms with E-state index in [0.717, 1.165) is 12.0 Å². The number of rotatable bonds is 1. The number of allylic oxidation sites excluding steroid dienone is 2. The lowest BCUT2D eigenvalue weighted by Crippen LogP contribution is -2.15. The Morgan fingerprint density at radius 3 is 2.75 bits per heavy atom. The Morgan fingerprint density at radius 2 is 2.38 bits per heavy atom. The lowest BCUT2D eigenvalue weighted by atomic mass is 10.4. The highest BCUT2D eigenvalue weighted by Crippen LogP contribution is 1.99. The van der Waals surface area contributed by atoms with E-state index in [1.165, 1.54) is 0 Å². The van der Waals surface area contributed by atoms with E-state index in [9.17, 15) is 0 Å². The minimum Gasteiger partial charge on any atom is -0.364 e. The Bertz CT molecular complexity index is 118. The van der Waals surface area contributed by atoms with Gasteiger partial charge in [-0.1, -0.05) is 28.1 Å². The van der Waals surface area contributed by atoms with Crippen molar-refractivity contribution in [2.75, 3.05) is 12.0 Å². The van der Waals surface area contributed by atoms with E-state index >= 15 is 0 Å². The third-order valence-corrected chi connectivity index (χ3v) is 1.68. The van der Waals surface area contributed by atoms with E-state index in [-0.39, 0.29) is 0 Å². The fourth-order valence-electron chi connectivity index (χ4n) is 0.596. The van der Waals surface area contributed by atoms with E-state index in [0.29, 0.717) is 0 Å². The van der Waals surface area contributed by atoms with Gasteiger partial charge in [-0.05, 0) is 6.08 Å². The van der Waals surface area contributed by atoms with Crippen LogP contribution in [0.4, 0.5) is 0 Å². The molecule has 44 valence electrons. The molecule has 8 heavy (non-hydrogen) atoms. The van der Waals surface area contributed by atoms with Gasteiger partial charge in [-0.2, -0.15) is 0 Å². The Kier molecular flexibility index (Phi) is 2.15. The van der Waals surface area contributed by atoms with Crippen molar-refractivity contribution in [2.24, 2.45) is 0 Å². The van der Waals surface area contributed by atoms with Crippen molar-refractivity contribution in [3.05, 3.63) is 24.4 Å². The molecule has 1 nitrogen and oxygen atoms in total. The molecule has 0 radical (unpaired) electrons. The van der Waals surface area contributed by atoms with Gasteiger partial charge < -0.3 is 4.90 Å². The summed E-state index contributed by atoms with van der Waals surface area (Å²) in [6.45, 7) is 1.03. The molecule has 2 heteroatoms. The predicted octanol–water partition coefficient (Wildman–Crippen LogP) is 1.72. The normalized spacial score (nSPS) is 17.4. The van der Waals surface area contributed by atoms with Gasteiger partial charge in [0.2, 0.25) is 0 Å². The molecule has 1 aliphatic heterocycles. The number of hydrogen-bond donors (Lipinski definition) is 0. The summed E-state index contributed by atoms with van der Waals surface area (Å²) in [7, 11) is 0. The number of hydrogen-bond acceptors (Lipinski definition) is 1. The summed E-state index contributed by atoms with van der Waals surface area (Å²) in [6.07, 6.45) is 8.28. The smallest absolute Gasteiger partial charge is 0.0733 e. The van der Waals surface area contributed by atoms with Crippen molar-refractivity contribution in [1.29, 1.82) is 0 Å². The predicted molar refractivity (Wildman–Crippen MR) is 38.8 cm³/mol. The molecule has 0 unspecified atom stereocenters. The number of halogens is 1. The average Bonchev–Trinajstić information content (AvgIpc) is 1.90. The molecule has 0 bridgehead atoms. The van der Waals surface area contributed by atoms with Crippen LogP contribution in [0, 0.1) is 0 Å². The Morgan fingerprint density at radius 1 is 1.50 bits per heavy atom. The van der Waals surface area contributed by atoms with Crippen molar-refractivity contribution in [1.82, 2.24) is 4.90 Å². The van der Waals surface area contributed by atoms with Gasteiger partial charge in [-0.15, -0.1) is 0 Å². The van der Waals surface area contributed by atoms with Crippen molar-refractivity contribution in [3.63, 3.8) is 0 Å². The summed E-state index contributed by atoms with van der Waals surface area (Å²) in [6, 6.07) is 0. The summed E-state index contributed by atoms with van der Waals surface area (Å²) in [5, 5.41) is 0. The highest BCUT2D eigenvalue weighted by atomic mass is 79.9. The van der Waals surface area contributed by atoms with Crippen LogP contribution >= 0.6 is 15.9 Å². The molecular weight excluding hydrogens is 166 g/mol.